The topological polar surface area (TPSA) is 63.7 Å². The van der Waals surface area contributed by atoms with E-state index in [4.69, 9.17) is 4.74 Å². The van der Waals surface area contributed by atoms with Crippen LogP contribution in [0.3, 0.4) is 0 Å². The molecule has 5 nitrogen and oxygen atoms in total. The summed E-state index contributed by atoms with van der Waals surface area (Å²) in [6.45, 7) is 7.40. The molecule has 3 aromatic carbocycles. The van der Waals surface area contributed by atoms with Crippen molar-refractivity contribution in [1.29, 1.82) is 0 Å². The molecule has 6 heteroatoms. The average molecular weight is 438 g/mol. The van der Waals surface area contributed by atoms with Crippen molar-refractivity contribution < 1.29 is 17.9 Å². The molecule has 0 radical (unpaired) electrons. The van der Waals surface area contributed by atoms with Crippen LogP contribution in [0.4, 0.5) is 5.69 Å². The van der Waals surface area contributed by atoms with Crippen molar-refractivity contribution in [3.63, 3.8) is 0 Å². The molecule has 0 aliphatic rings. The van der Waals surface area contributed by atoms with E-state index in [-0.39, 0.29) is 10.6 Å². The minimum absolute atomic E-state index is 0.0471. The molecule has 0 N–H and O–H groups in total. The number of sulfonamides is 1. The molecule has 0 aliphatic heterocycles. The Hall–Kier alpha value is -3.12. The van der Waals surface area contributed by atoms with Gasteiger partial charge < -0.3 is 4.74 Å². The Kier molecular flexibility index (Phi) is 6.81. The van der Waals surface area contributed by atoms with E-state index in [1.807, 2.05) is 52.0 Å². The van der Waals surface area contributed by atoms with Gasteiger partial charge in [-0.2, -0.15) is 4.31 Å². The minimum Gasteiger partial charge on any atom is -0.483 e. The van der Waals surface area contributed by atoms with Crippen LogP contribution in [0.2, 0.25) is 0 Å². The number of hydrogen-bond donors (Lipinski definition) is 0. The van der Waals surface area contributed by atoms with Crippen LogP contribution in [0.1, 0.15) is 29.2 Å². The molecule has 162 valence electrons. The van der Waals surface area contributed by atoms with E-state index >= 15 is 0 Å². The summed E-state index contributed by atoms with van der Waals surface area (Å²) in [5, 5.41) is 0. The molecule has 31 heavy (non-hydrogen) atoms. The summed E-state index contributed by atoms with van der Waals surface area (Å²) in [6.07, 6.45) is 0.814. The number of benzene rings is 3. The van der Waals surface area contributed by atoms with E-state index in [2.05, 4.69) is 0 Å². The molecule has 0 saturated heterocycles. The number of ether oxygens (including phenoxy) is 1. The molecule has 0 aliphatic carbocycles. The lowest BCUT2D eigenvalue weighted by atomic mass is 10.1. The van der Waals surface area contributed by atoms with E-state index in [1.165, 1.54) is 12.1 Å². The highest BCUT2D eigenvalue weighted by atomic mass is 32.2. The van der Waals surface area contributed by atoms with Crippen LogP contribution in [0, 0.1) is 20.8 Å². The first-order chi connectivity index (χ1) is 14.8. The molecule has 0 heterocycles. The van der Waals surface area contributed by atoms with Gasteiger partial charge in [-0.1, -0.05) is 49.4 Å². The number of nitrogens with zero attached hydrogens (tertiary/aromatic N) is 1. The van der Waals surface area contributed by atoms with Crippen LogP contribution in [0.15, 0.2) is 71.6 Å². The van der Waals surface area contributed by atoms with Gasteiger partial charge >= 0.3 is 0 Å². The number of carbonyl (C=O) groups excluding carboxylic acids is 1. The number of aryl methyl sites for hydroxylation is 3. The zero-order valence-electron chi connectivity index (χ0n) is 18.3. The first kappa shape index (κ1) is 22.6. The monoisotopic (exact) mass is 437 g/mol. The van der Waals surface area contributed by atoms with E-state index in [0.29, 0.717) is 5.75 Å². The van der Waals surface area contributed by atoms with Crippen LogP contribution < -0.4 is 9.04 Å². The highest BCUT2D eigenvalue weighted by molar-refractivity contribution is 7.93. The molecule has 0 unspecified atom stereocenters. The SMILES string of the molecule is CCc1ccc(N(C(=O)COc2c(C)ccc(C)c2C)S(=O)(=O)c2ccccc2)cc1. The van der Waals surface area contributed by atoms with Gasteiger partial charge in [0.1, 0.15) is 5.75 Å². The fourth-order valence-electron chi connectivity index (χ4n) is 3.32. The molecule has 0 saturated carbocycles. The van der Waals surface area contributed by atoms with E-state index in [1.54, 1.807) is 30.3 Å². The Morgan fingerprint density at radius 2 is 1.48 bits per heavy atom. The Bertz CT molecular complexity index is 1170. The predicted molar refractivity (Wildman–Crippen MR) is 123 cm³/mol. The predicted octanol–water partition coefficient (Wildman–Crippen LogP) is 4.98. The molecule has 0 atom stereocenters. The van der Waals surface area contributed by atoms with Gasteiger partial charge in [-0.25, -0.2) is 8.42 Å². The van der Waals surface area contributed by atoms with Crippen LogP contribution in [0.25, 0.3) is 0 Å². The fraction of sp³-hybridized carbons (Fsp3) is 0.240. The summed E-state index contributed by atoms with van der Waals surface area (Å²) >= 11 is 0. The van der Waals surface area contributed by atoms with Crippen molar-refractivity contribution in [1.82, 2.24) is 0 Å². The summed E-state index contributed by atoms with van der Waals surface area (Å²) in [4.78, 5) is 13.3. The Morgan fingerprint density at radius 3 is 2.10 bits per heavy atom. The standard InChI is InChI=1S/C25H27NO4S/c1-5-21-13-15-22(16-14-21)26(31(28,29)23-9-7-6-8-10-23)24(27)17-30-25-19(3)12-11-18(2)20(25)4/h6-16H,5,17H2,1-4H3. The molecule has 0 aromatic heterocycles. The van der Waals surface area contributed by atoms with E-state index in [0.717, 1.165) is 33.0 Å². The number of carbonyl (C=O) groups is 1. The van der Waals surface area contributed by atoms with E-state index < -0.39 is 22.5 Å². The van der Waals surface area contributed by atoms with Gasteiger partial charge in [0, 0.05) is 0 Å². The van der Waals surface area contributed by atoms with Gasteiger partial charge in [0.25, 0.3) is 15.9 Å². The van der Waals surface area contributed by atoms with Crippen molar-refractivity contribution in [3.05, 3.63) is 89.0 Å². The van der Waals surface area contributed by atoms with Crippen molar-refractivity contribution in [3.8, 4) is 5.75 Å². The maximum absolute atomic E-state index is 13.4. The van der Waals surface area contributed by atoms with Gasteiger partial charge in [-0.15, -0.1) is 0 Å². The van der Waals surface area contributed by atoms with Crippen LogP contribution in [-0.4, -0.2) is 20.9 Å². The molecular weight excluding hydrogens is 410 g/mol. The quantitative estimate of drug-likeness (QED) is 0.523. The molecule has 0 spiro atoms. The third kappa shape index (κ3) is 4.80. The molecule has 3 rings (SSSR count). The number of hydrogen-bond acceptors (Lipinski definition) is 4. The van der Waals surface area contributed by atoms with Crippen molar-refractivity contribution >= 4 is 21.6 Å². The highest BCUT2D eigenvalue weighted by Crippen LogP contribution is 2.28. The second-order valence-corrected chi connectivity index (χ2v) is 9.23. The number of anilines is 1. The van der Waals surface area contributed by atoms with Crippen molar-refractivity contribution in [2.45, 2.75) is 39.0 Å². The summed E-state index contributed by atoms with van der Waals surface area (Å²) in [6, 6.07) is 18.8. The largest absolute Gasteiger partial charge is 0.483 e. The Balaban J connectivity index is 1.98. The lowest BCUT2D eigenvalue weighted by Gasteiger charge is -2.23. The third-order valence-electron chi connectivity index (χ3n) is 5.30. The lowest BCUT2D eigenvalue weighted by Crippen LogP contribution is -2.40. The third-order valence-corrected chi connectivity index (χ3v) is 7.06. The smallest absolute Gasteiger partial charge is 0.278 e. The molecule has 0 fully saturated rings. The molecule has 1 amide bonds. The van der Waals surface area contributed by atoms with Gasteiger partial charge in [-0.3, -0.25) is 4.79 Å². The number of amides is 1. The summed E-state index contributed by atoms with van der Waals surface area (Å²) in [7, 11) is -4.10. The first-order valence-electron chi connectivity index (χ1n) is 10.2. The van der Waals surface area contributed by atoms with E-state index in [9.17, 15) is 13.2 Å². The molecule has 0 bridgehead atoms. The van der Waals surface area contributed by atoms with Gasteiger partial charge in [0.15, 0.2) is 6.61 Å². The maximum Gasteiger partial charge on any atom is 0.278 e. The first-order valence-corrected chi connectivity index (χ1v) is 11.6. The summed E-state index contributed by atoms with van der Waals surface area (Å²) in [5.74, 6) is -0.0554. The maximum atomic E-state index is 13.4. The fourth-order valence-corrected chi connectivity index (χ4v) is 4.75. The van der Waals surface area contributed by atoms with Gasteiger partial charge in [0.05, 0.1) is 10.6 Å². The Labute approximate surface area is 184 Å². The zero-order valence-corrected chi connectivity index (χ0v) is 19.1. The van der Waals surface area contributed by atoms with Crippen LogP contribution >= 0.6 is 0 Å². The molecule has 3 aromatic rings. The summed E-state index contributed by atoms with van der Waals surface area (Å²) in [5.41, 5.74) is 4.19. The highest BCUT2D eigenvalue weighted by Gasteiger charge is 2.31. The number of rotatable bonds is 7. The molecular formula is C25H27NO4S. The lowest BCUT2D eigenvalue weighted by molar-refractivity contribution is -0.119. The van der Waals surface area contributed by atoms with Crippen LogP contribution in [0.5, 0.6) is 5.75 Å². The zero-order chi connectivity index (χ0) is 22.6. The van der Waals surface area contributed by atoms with Crippen molar-refractivity contribution in [2.75, 3.05) is 10.9 Å². The second kappa shape index (κ2) is 9.35. The van der Waals surface area contributed by atoms with Crippen molar-refractivity contribution in [2.24, 2.45) is 0 Å². The second-order valence-electron chi connectivity index (χ2n) is 7.44. The Morgan fingerprint density at radius 1 is 0.871 bits per heavy atom. The summed E-state index contributed by atoms with van der Waals surface area (Å²) < 4.78 is 33.4. The normalized spacial score (nSPS) is 11.2. The van der Waals surface area contributed by atoms with Gasteiger partial charge in [0.2, 0.25) is 0 Å². The van der Waals surface area contributed by atoms with Crippen LogP contribution in [-0.2, 0) is 21.2 Å². The van der Waals surface area contributed by atoms with Gasteiger partial charge in [-0.05, 0) is 73.7 Å². The average Bonchev–Trinajstić information content (AvgIpc) is 2.77. The minimum atomic E-state index is -4.10.